The van der Waals surface area contributed by atoms with Crippen molar-refractivity contribution in [2.75, 3.05) is 18.0 Å². The summed E-state index contributed by atoms with van der Waals surface area (Å²) in [6.07, 6.45) is 5.13. The molecule has 2 fully saturated rings. The van der Waals surface area contributed by atoms with Crippen LogP contribution >= 0.6 is 0 Å². The second-order valence-electron chi connectivity index (χ2n) is 5.84. The van der Waals surface area contributed by atoms with Gasteiger partial charge in [-0.3, -0.25) is 0 Å². The zero-order valence-corrected chi connectivity index (χ0v) is 11.8. The summed E-state index contributed by atoms with van der Waals surface area (Å²) in [5.41, 5.74) is 1.32. The molecule has 2 unspecified atom stereocenters. The molecule has 1 aromatic rings. The minimum absolute atomic E-state index is 0.277. The topological polar surface area (TPSA) is 37.4 Å². The number of aromatic nitrogens is 1. The molecule has 0 spiro atoms. The van der Waals surface area contributed by atoms with Gasteiger partial charge in [-0.1, -0.05) is 0 Å². The van der Waals surface area contributed by atoms with Gasteiger partial charge in [0.2, 0.25) is 0 Å². The van der Waals surface area contributed by atoms with E-state index in [1.165, 1.54) is 18.4 Å². The molecule has 2 atom stereocenters. The number of rotatable bonds is 4. The van der Waals surface area contributed by atoms with E-state index in [0.29, 0.717) is 0 Å². The summed E-state index contributed by atoms with van der Waals surface area (Å²) in [6.45, 7) is 7.06. The van der Waals surface area contributed by atoms with Crippen molar-refractivity contribution in [3.05, 3.63) is 23.9 Å². The quantitative estimate of drug-likeness (QED) is 0.899. The smallest absolute Gasteiger partial charge is 0.128 e. The first-order valence-corrected chi connectivity index (χ1v) is 7.29. The van der Waals surface area contributed by atoms with E-state index in [1.807, 2.05) is 6.20 Å². The van der Waals surface area contributed by atoms with Crippen LogP contribution in [0.25, 0.3) is 0 Å². The standard InChI is InChI=1S/C15H23N3O/c1-11-9-18(10-12(2)19-11)15-7-13(5-6-16-15)8-17-14-3-4-14/h5-7,11-12,14,17H,3-4,8-10H2,1-2H3. The molecule has 4 nitrogen and oxygen atoms in total. The number of hydrogen-bond donors (Lipinski definition) is 1. The van der Waals surface area contributed by atoms with Crippen LogP contribution in [0.5, 0.6) is 0 Å². The molecule has 2 heterocycles. The Balaban J connectivity index is 1.66. The average molecular weight is 261 g/mol. The minimum atomic E-state index is 0.277. The lowest BCUT2D eigenvalue weighted by molar-refractivity contribution is -0.00546. The lowest BCUT2D eigenvalue weighted by atomic mass is 10.2. The van der Waals surface area contributed by atoms with E-state index >= 15 is 0 Å². The van der Waals surface area contributed by atoms with Crippen LogP contribution < -0.4 is 10.2 Å². The number of anilines is 1. The third kappa shape index (κ3) is 3.45. The van der Waals surface area contributed by atoms with Crippen LogP contribution in [0.3, 0.4) is 0 Å². The molecule has 19 heavy (non-hydrogen) atoms. The molecule has 0 amide bonds. The van der Waals surface area contributed by atoms with Crippen molar-refractivity contribution < 1.29 is 4.74 Å². The number of nitrogens with one attached hydrogen (secondary N) is 1. The predicted octanol–water partition coefficient (Wildman–Crippen LogP) is 1.95. The van der Waals surface area contributed by atoms with Crippen LogP contribution in [0.4, 0.5) is 5.82 Å². The maximum absolute atomic E-state index is 5.77. The van der Waals surface area contributed by atoms with Gasteiger partial charge in [0, 0.05) is 31.9 Å². The minimum Gasteiger partial charge on any atom is -0.372 e. The molecule has 1 aliphatic heterocycles. The van der Waals surface area contributed by atoms with Crippen molar-refractivity contribution >= 4 is 5.82 Å². The molecule has 0 aromatic carbocycles. The molecule has 3 rings (SSSR count). The van der Waals surface area contributed by atoms with Gasteiger partial charge in [-0.2, -0.15) is 0 Å². The van der Waals surface area contributed by atoms with Gasteiger partial charge >= 0.3 is 0 Å². The summed E-state index contributed by atoms with van der Waals surface area (Å²) in [5.74, 6) is 1.08. The van der Waals surface area contributed by atoms with Gasteiger partial charge in [0.1, 0.15) is 5.82 Å². The van der Waals surface area contributed by atoms with Crippen LogP contribution in [-0.2, 0) is 11.3 Å². The lowest BCUT2D eigenvalue weighted by Gasteiger charge is -2.36. The van der Waals surface area contributed by atoms with Crippen LogP contribution in [-0.4, -0.2) is 36.3 Å². The molecule has 1 saturated carbocycles. The molecule has 0 bridgehead atoms. The Morgan fingerprint density at radius 2 is 2.05 bits per heavy atom. The molecule has 1 N–H and O–H groups in total. The number of morpholine rings is 1. The maximum atomic E-state index is 5.77. The van der Waals surface area contributed by atoms with Crippen molar-refractivity contribution in [1.82, 2.24) is 10.3 Å². The first-order chi connectivity index (χ1) is 9.20. The van der Waals surface area contributed by atoms with E-state index in [0.717, 1.165) is 31.5 Å². The summed E-state index contributed by atoms with van der Waals surface area (Å²) in [7, 11) is 0. The second-order valence-corrected chi connectivity index (χ2v) is 5.84. The number of pyridine rings is 1. The van der Waals surface area contributed by atoms with Gasteiger partial charge in [-0.25, -0.2) is 4.98 Å². The second kappa shape index (κ2) is 5.47. The fourth-order valence-electron chi connectivity index (χ4n) is 2.66. The first kappa shape index (κ1) is 12.9. The van der Waals surface area contributed by atoms with Gasteiger partial charge in [0.25, 0.3) is 0 Å². The van der Waals surface area contributed by atoms with E-state index in [4.69, 9.17) is 4.74 Å². The zero-order valence-electron chi connectivity index (χ0n) is 11.8. The summed E-state index contributed by atoms with van der Waals surface area (Å²) in [6, 6.07) is 5.06. The van der Waals surface area contributed by atoms with Gasteiger partial charge in [0.05, 0.1) is 12.2 Å². The maximum Gasteiger partial charge on any atom is 0.128 e. The van der Waals surface area contributed by atoms with E-state index in [1.54, 1.807) is 0 Å². The zero-order chi connectivity index (χ0) is 13.2. The lowest BCUT2D eigenvalue weighted by Crippen LogP contribution is -2.45. The third-order valence-corrected chi connectivity index (χ3v) is 3.73. The summed E-state index contributed by atoms with van der Waals surface area (Å²) >= 11 is 0. The molecular weight excluding hydrogens is 238 g/mol. The molecule has 104 valence electrons. The summed E-state index contributed by atoms with van der Waals surface area (Å²) in [4.78, 5) is 6.85. The Hall–Kier alpha value is -1.13. The summed E-state index contributed by atoms with van der Waals surface area (Å²) < 4.78 is 5.77. The van der Waals surface area contributed by atoms with Crippen molar-refractivity contribution in [2.24, 2.45) is 0 Å². The van der Waals surface area contributed by atoms with Gasteiger partial charge < -0.3 is 15.0 Å². The molecule has 1 aliphatic carbocycles. The first-order valence-electron chi connectivity index (χ1n) is 7.29. The Morgan fingerprint density at radius 1 is 1.32 bits per heavy atom. The van der Waals surface area contributed by atoms with Crippen LogP contribution in [0.1, 0.15) is 32.3 Å². The monoisotopic (exact) mass is 261 g/mol. The number of hydrogen-bond acceptors (Lipinski definition) is 4. The molecule has 4 heteroatoms. The molecule has 0 radical (unpaired) electrons. The van der Waals surface area contributed by atoms with Crippen molar-refractivity contribution in [2.45, 2.75) is 51.5 Å². The predicted molar refractivity (Wildman–Crippen MR) is 76.3 cm³/mol. The van der Waals surface area contributed by atoms with E-state index < -0.39 is 0 Å². The van der Waals surface area contributed by atoms with Crippen LogP contribution in [0.15, 0.2) is 18.3 Å². The highest BCUT2D eigenvalue weighted by atomic mass is 16.5. The van der Waals surface area contributed by atoms with Gasteiger partial charge in [0.15, 0.2) is 0 Å². The highest BCUT2D eigenvalue weighted by molar-refractivity contribution is 5.41. The number of nitrogens with zero attached hydrogens (tertiary/aromatic N) is 2. The molecular formula is C15H23N3O. The summed E-state index contributed by atoms with van der Waals surface area (Å²) in [5, 5.41) is 3.55. The highest BCUT2D eigenvalue weighted by Crippen LogP contribution is 2.21. The highest BCUT2D eigenvalue weighted by Gasteiger charge is 2.23. The largest absolute Gasteiger partial charge is 0.372 e. The molecule has 1 aromatic heterocycles. The molecule has 2 aliphatic rings. The third-order valence-electron chi connectivity index (χ3n) is 3.73. The Kier molecular flexibility index (Phi) is 3.71. The van der Waals surface area contributed by atoms with Gasteiger partial charge in [-0.15, -0.1) is 0 Å². The Morgan fingerprint density at radius 3 is 2.74 bits per heavy atom. The Labute approximate surface area is 115 Å². The van der Waals surface area contributed by atoms with E-state index in [9.17, 15) is 0 Å². The SMILES string of the molecule is CC1CN(c2cc(CNC3CC3)ccn2)CC(C)O1. The van der Waals surface area contributed by atoms with Crippen LogP contribution in [0.2, 0.25) is 0 Å². The molecule has 1 saturated heterocycles. The van der Waals surface area contributed by atoms with Crippen LogP contribution in [0, 0.1) is 0 Å². The van der Waals surface area contributed by atoms with Crippen molar-refractivity contribution in [3.63, 3.8) is 0 Å². The van der Waals surface area contributed by atoms with Crippen molar-refractivity contribution in [3.8, 4) is 0 Å². The van der Waals surface area contributed by atoms with Crippen molar-refractivity contribution in [1.29, 1.82) is 0 Å². The number of ether oxygens (including phenoxy) is 1. The van der Waals surface area contributed by atoms with E-state index in [-0.39, 0.29) is 12.2 Å². The fourth-order valence-corrected chi connectivity index (χ4v) is 2.66. The average Bonchev–Trinajstić information content (AvgIpc) is 3.20. The normalized spacial score (nSPS) is 27.6. The Bertz CT molecular complexity index is 423. The van der Waals surface area contributed by atoms with Gasteiger partial charge in [-0.05, 0) is 44.4 Å². The van der Waals surface area contributed by atoms with E-state index in [2.05, 4.69) is 41.2 Å². The fraction of sp³-hybridized carbons (Fsp3) is 0.667.